The molecule has 1 atom stereocenters. The van der Waals surface area contributed by atoms with E-state index in [0.717, 1.165) is 17.1 Å². The highest BCUT2D eigenvalue weighted by Crippen LogP contribution is 2.23. The van der Waals surface area contributed by atoms with Crippen LogP contribution < -0.4 is 10.1 Å². The molecular weight excluding hydrogens is 238 g/mol. The molecule has 4 nitrogen and oxygen atoms in total. The Balaban J connectivity index is 2.07. The predicted octanol–water partition coefficient (Wildman–Crippen LogP) is 2.59. The van der Waals surface area contributed by atoms with Crippen LogP contribution in [0.15, 0.2) is 30.6 Å². The van der Waals surface area contributed by atoms with Crippen molar-refractivity contribution in [3.8, 4) is 5.75 Å². The van der Waals surface area contributed by atoms with Gasteiger partial charge < -0.3 is 14.6 Å². The molecule has 0 amide bonds. The Morgan fingerprint density at radius 2 is 2.21 bits per heavy atom. The van der Waals surface area contributed by atoms with Crippen LogP contribution in [0, 0.1) is 6.92 Å². The fourth-order valence-electron chi connectivity index (χ4n) is 1.95. The molecule has 0 radical (unpaired) electrons. The number of hydrogen-bond acceptors (Lipinski definition) is 3. The van der Waals surface area contributed by atoms with Crippen LogP contribution >= 0.6 is 0 Å². The van der Waals surface area contributed by atoms with Gasteiger partial charge in [-0.05, 0) is 38.1 Å². The van der Waals surface area contributed by atoms with Crippen molar-refractivity contribution < 1.29 is 4.74 Å². The number of benzene rings is 1. The molecule has 1 aromatic carbocycles. The fourth-order valence-corrected chi connectivity index (χ4v) is 1.95. The quantitative estimate of drug-likeness (QED) is 0.897. The van der Waals surface area contributed by atoms with Gasteiger partial charge in [-0.1, -0.05) is 12.1 Å². The van der Waals surface area contributed by atoms with Gasteiger partial charge in [0.2, 0.25) is 0 Å². The van der Waals surface area contributed by atoms with Gasteiger partial charge in [-0.3, -0.25) is 0 Å². The zero-order valence-electron chi connectivity index (χ0n) is 12.0. The first-order valence-electron chi connectivity index (χ1n) is 6.48. The molecule has 0 saturated heterocycles. The van der Waals surface area contributed by atoms with Crippen LogP contribution in [0.25, 0.3) is 0 Å². The van der Waals surface area contributed by atoms with E-state index in [9.17, 15) is 0 Å². The van der Waals surface area contributed by atoms with Crippen LogP contribution in [0.1, 0.15) is 29.9 Å². The van der Waals surface area contributed by atoms with Crippen LogP contribution in [0.4, 0.5) is 0 Å². The summed E-state index contributed by atoms with van der Waals surface area (Å²) in [5.41, 5.74) is 2.41. The van der Waals surface area contributed by atoms with E-state index in [2.05, 4.69) is 36.3 Å². The summed E-state index contributed by atoms with van der Waals surface area (Å²) in [5, 5.41) is 3.24. The molecule has 2 rings (SSSR count). The molecule has 1 unspecified atom stereocenters. The number of nitrogens with one attached hydrogen (secondary N) is 1. The molecular formula is C15H21N3O. The highest BCUT2D eigenvalue weighted by Gasteiger charge is 2.07. The lowest BCUT2D eigenvalue weighted by atomic mass is 10.1. The van der Waals surface area contributed by atoms with Crippen molar-refractivity contribution in [3.05, 3.63) is 47.5 Å². The van der Waals surface area contributed by atoms with E-state index >= 15 is 0 Å². The number of aromatic nitrogens is 2. The standard InChI is InChI=1S/C15H21N3O/c1-11-9-13(12(2)16-3)5-6-14(11)19-10-15-17-7-8-18(15)4/h5-9,12,16H,10H2,1-4H3. The molecule has 1 heterocycles. The lowest BCUT2D eigenvalue weighted by Gasteiger charge is -2.14. The number of rotatable bonds is 5. The van der Waals surface area contributed by atoms with Gasteiger partial charge in [0.15, 0.2) is 0 Å². The van der Waals surface area contributed by atoms with Crippen LogP contribution in [0.3, 0.4) is 0 Å². The largest absolute Gasteiger partial charge is 0.485 e. The lowest BCUT2D eigenvalue weighted by molar-refractivity contribution is 0.289. The maximum Gasteiger partial charge on any atom is 0.146 e. The summed E-state index contributed by atoms with van der Waals surface area (Å²) in [4.78, 5) is 4.25. The zero-order chi connectivity index (χ0) is 13.8. The third kappa shape index (κ3) is 3.15. The molecule has 102 valence electrons. The van der Waals surface area contributed by atoms with Gasteiger partial charge >= 0.3 is 0 Å². The Labute approximate surface area is 114 Å². The SMILES string of the molecule is CNC(C)c1ccc(OCc2nccn2C)c(C)c1. The summed E-state index contributed by atoms with van der Waals surface area (Å²) in [5.74, 6) is 1.84. The first kappa shape index (κ1) is 13.6. The van der Waals surface area contributed by atoms with Crippen molar-refractivity contribution >= 4 is 0 Å². The van der Waals surface area contributed by atoms with Crippen LogP contribution in [0.5, 0.6) is 5.75 Å². The Morgan fingerprint density at radius 3 is 2.79 bits per heavy atom. The molecule has 1 aromatic heterocycles. The molecule has 1 N–H and O–H groups in total. The Hall–Kier alpha value is -1.81. The first-order chi connectivity index (χ1) is 9.11. The second-order valence-electron chi connectivity index (χ2n) is 4.78. The normalized spacial score (nSPS) is 12.4. The molecule has 2 aromatic rings. The number of aryl methyl sites for hydroxylation is 2. The average molecular weight is 259 g/mol. The first-order valence-corrected chi connectivity index (χ1v) is 6.48. The molecule has 0 saturated carbocycles. The van der Waals surface area contributed by atoms with E-state index in [-0.39, 0.29) is 0 Å². The van der Waals surface area contributed by atoms with E-state index in [0.29, 0.717) is 12.6 Å². The summed E-state index contributed by atoms with van der Waals surface area (Å²) in [6.07, 6.45) is 3.70. The monoisotopic (exact) mass is 259 g/mol. The zero-order valence-corrected chi connectivity index (χ0v) is 12.0. The molecule has 19 heavy (non-hydrogen) atoms. The maximum atomic E-state index is 5.83. The minimum atomic E-state index is 0.349. The molecule has 0 aliphatic heterocycles. The minimum Gasteiger partial charge on any atom is -0.485 e. The van der Waals surface area contributed by atoms with Gasteiger partial charge in [-0.2, -0.15) is 0 Å². The second-order valence-corrected chi connectivity index (χ2v) is 4.78. The molecule has 0 fully saturated rings. The fraction of sp³-hybridized carbons (Fsp3) is 0.400. The summed E-state index contributed by atoms with van der Waals surface area (Å²) in [7, 11) is 3.93. The van der Waals surface area contributed by atoms with Crippen LogP contribution in [-0.2, 0) is 13.7 Å². The molecule has 4 heteroatoms. The highest BCUT2D eigenvalue weighted by atomic mass is 16.5. The smallest absolute Gasteiger partial charge is 0.146 e. The molecule has 0 aliphatic carbocycles. The van der Waals surface area contributed by atoms with Crippen molar-refractivity contribution in [1.29, 1.82) is 0 Å². The lowest BCUT2D eigenvalue weighted by Crippen LogP contribution is -2.12. The van der Waals surface area contributed by atoms with Crippen molar-refractivity contribution in [3.63, 3.8) is 0 Å². The van der Waals surface area contributed by atoms with E-state index < -0.39 is 0 Å². The third-order valence-electron chi connectivity index (χ3n) is 3.41. The molecule has 0 bridgehead atoms. The van der Waals surface area contributed by atoms with E-state index in [4.69, 9.17) is 4.74 Å². The summed E-state index contributed by atoms with van der Waals surface area (Å²) < 4.78 is 7.79. The third-order valence-corrected chi connectivity index (χ3v) is 3.41. The molecule has 0 spiro atoms. The highest BCUT2D eigenvalue weighted by molar-refractivity contribution is 5.37. The van der Waals surface area contributed by atoms with Gasteiger partial charge in [0.05, 0.1) is 0 Å². The number of imidazole rings is 1. The van der Waals surface area contributed by atoms with Crippen LogP contribution in [0.2, 0.25) is 0 Å². The van der Waals surface area contributed by atoms with Crippen LogP contribution in [-0.4, -0.2) is 16.6 Å². The topological polar surface area (TPSA) is 39.1 Å². The Kier molecular flexibility index (Phi) is 4.22. The molecule has 0 aliphatic rings. The van der Waals surface area contributed by atoms with Gasteiger partial charge in [-0.25, -0.2) is 4.98 Å². The Morgan fingerprint density at radius 1 is 1.42 bits per heavy atom. The van der Waals surface area contributed by atoms with Crippen molar-refractivity contribution in [2.75, 3.05) is 7.05 Å². The predicted molar refractivity (Wildman–Crippen MR) is 76.2 cm³/mol. The van der Waals surface area contributed by atoms with Crippen molar-refractivity contribution in [2.24, 2.45) is 7.05 Å². The van der Waals surface area contributed by atoms with Gasteiger partial charge in [0, 0.05) is 25.5 Å². The average Bonchev–Trinajstić information content (AvgIpc) is 2.82. The van der Waals surface area contributed by atoms with Crippen molar-refractivity contribution in [1.82, 2.24) is 14.9 Å². The number of ether oxygens (including phenoxy) is 1. The second kappa shape index (κ2) is 5.89. The Bertz CT molecular complexity index is 548. The van der Waals surface area contributed by atoms with Crippen molar-refractivity contribution in [2.45, 2.75) is 26.5 Å². The van der Waals surface area contributed by atoms with Gasteiger partial charge in [-0.15, -0.1) is 0 Å². The van der Waals surface area contributed by atoms with E-state index in [1.54, 1.807) is 6.20 Å². The van der Waals surface area contributed by atoms with Gasteiger partial charge in [0.1, 0.15) is 18.2 Å². The summed E-state index contributed by atoms with van der Waals surface area (Å²) in [6, 6.07) is 6.64. The van der Waals surface area contributed by atoms with Gasteiger partial charge in [0.25, 0.3) is 0 Å². The number of hydrogen-bond donors (Lipinski definition) is 1. The minimum absolute atomic E-state index is 0.349. The van der Waals surface area contributed by atoms with E-state index in [1.165, 1.54) is 5.56 Å². The number of nitrogens with zero attached hydrogens (tertiary/aromatic N) is 2. The summed E-state index contributed by atoms with van der Waals surface area (Å²) >= 11 is 0. The van der Waals surface area contributed by atoms with E-state index in [1.807, 2.05) is 30.9 Å². The maximum absolute atomic E-state index is 5.83. The summed E-state index contributed by atoms with van der Waals surface area (Å²) in [6.45, 7) is 4.70.